The van der Waals surface area contributed by atoms with Gasteiger partial charge < -0.3 is 15.4 Å². The zero-order valence-corrected chi connectivity index (χ0v) is 15.6. The molecule has 0 saturated carbocycles. The normalized spacial score (nSPS) is 24.2. The summed E-state index contributed by atoms with van der Waals surface area (Å²) in [6.45, 7) is 4.69. The molecule has 0 aromatic heterocycles. The molecule has 1 aliphatic carbocycles. The molecule has 0 bridgehead atoms. The molecule has 0 spiro atoms. The van der Waals surface area contributed by atoms with E-state index >= 15 is 0 Å². The van der Waals surface area contributed by atoms with E-state index in [4.69, 9.17) is 4.74 Å². The average molecular weight is 357 g/mol. The number of nitrogens with one attached hydrogen (secondary N) is 2. The molecule has 2 saturated heterocycles. The average Bonchev–Trinajstić information content (AvgIpc) is 3.37. The molecular formula is C21H31N3O2. The van der Waals surface area contributed by atoms with Crippen LogP contribution in [0.1, 0.15) is 43.2 Å². The fourth-order valence-corrected chi connectivity index (χ4v) is 4.79. The summed E-state index contributed by atoms with van der Waals surface area (Å²) < 4.78 is 5.61. The minimum atomic E-state index is -0.0768. The summed E-state index contributed by atoms with van der Waals surface area (Å²) in [6, 6.07) is 6.61. The first-order valence-corrected chi connectivity index (χ1v) is 10.3. The maximum atomic E-state index is 12.6. The van der Waals surface area contributed by atoms with Crippen molar-refractivity contribution in [1.29, 1.82) is 0 Å². The van der Waals surface area contributed by atoms with Gasteiger partial charge in [0, 0.05) is 30.8 Å². The van der Waals surface area contributed by atoms with Gasteiger partial charge in [0.2, 0.25) is 0 Å². The minimum Gasteiger partial charge on any atom is -0.381 e. The molecule has 1 aromatic rings. The highest BCUT2D eigenvalue weighted by Crippen LogP contribution is 2.28. The number of rotatable bonds is 5. The monoisotopic (exact) mass is 357 g/mol. The standard InChI is InChI=1S/C21H31N3O2/c25-21(23-19-9-5-7-16-6-1-2-8-18(16)19)22-14-20(17-10-13-26-15-17)24-11-3-4-12-24/h5,7,9,17,20H,1-4,6,8,10-15H2,(H2,22,23,25)/t17-,20-/m0/s1. The number of ether oxygens (including phenoxy) is 1. The number of amides is 2. The molecule has 26 heavy (non-hydrogen) atoms. The second kappa shape index (κ2) is 8.40. The molecule has 5 nitrogen and oxygen atoms in total. The highest BCUT2D eigenvalue weighted by atomic mass is 16.5. The summed E-state index contributed by atoms with van der Waals surface area (Å²) in [5.74, 6) is 0.540. The summed E-state index contributed by atoms with van der Waals surface area (Å²) in [5.41, 5.74) is 3.71. The van der Waals surface area contributed by atoms with Crippen molar-refractivity contribution in [2.24, 2.45) is 5.92 Å². The van der Waals surface area contributed by atoms with Crippen LogP contribution in [0.25, 0.3) is 0 Å². The number of hydrogen-bond donors (Lipinski definition) is 2. The second-order valence-corrected chi connectivity index (χ2v) is 7.92. The first-order chi connectivity index (χ1) is 12.8. The van der Waals surface area contributed by atoms with Gasteiger partial charge in [0.1, 0.15) is 0 Å². The Morgan fingerprint density at radius 3 is 2.85 bits per heavy atom. The van der Waals surface area contributed by atoms with E-state index in [-0.39, 0.29) is 6.03 Å². The summed E-state index contributed by atoms with van der Waals surface area (Å²) in [4.78, 5) is 15.1. The lowest BCUT2D eigenvalue weighted by Gasteiger charge is -2.32. The fourth-order valence-electron chi connectivity index (χ4n) is 4.79. The van der Waals surface area contributed by atoms with Gasteiger partial charge in [-0.25, -0.2) is 4.79 Å². The van der Waals surface area contributed by atoms with E-state index in [0.29, 0.717) is 18.5 Å². The van der Waals surface area contributed by atoms with Crippen LogP contribution in [0.5, 0.6) is 0 Å². The predicted octanol–water partition coefficient (Wildman–Crippen LogP) is 3.19. The highest BCUT2D eigenvalue weighted by molar-refractivity contribution is 5.90. The quantitative estimate of drug-likeness (QED) is 0.851. The van der Waals surface area contributed by atoms with E-state index < -0.39 is 0 Å². The van der Waals surface area contributed by atoms with Crippen molar-refractivity contribution in [3.63, 3.8) is 0 Å². The third kappa shape index (κ3) is 4.04. The van der Waals surface area contributed by atoms with Crippen LogP contribution in [0.4, 0.5) is 10.5 Å². The van der Waals surface area contributed by atoms with Crippen LogP contribution in [0.3, 0.4) is 0 Å². The van der Waals surface area contributed by atoms with Gasteiger partial charge >= 0.3 is 6.03 Å². The molecule has 2 aliphatic heterocycles. The van der Waals surface area contributed by atoms with E-state index in [1.54, 1.807) is 0 Å². The molecule has 4 rings (SSSR count). The summed E-state index contributed by atoms with van der Waals surface area (Å²) in [7, 11) is 0. The lowest BCUT2D eigenvalue weighted by Crippen LogP contribution is -2.48. The van der Waals surface area contributed by atoms with Crippen LogP contribution in [-0.2, 0) is 17.6 Å². The summed E-state index contributed by atoms with van der Waals surface area (Å²) >= 11 is 0. The molecule has 2 amide bonds. The van der Waals surface area contributed by atoms with Gasteiger partial charge in [-0.2, -0.15) is 0 Å². The SMILES string of the molecule is O=C(NC[C@@H]([C@H]1CCOC1)N1CCCC1)Nc1cccc2c1CCCC2. The van der Waals surface area contributed by atoms with Crippen molar-refractivity contribution < 1.29 is 9.53 Å². The van der Waals surface area contributed by atoms with Crippen molar-refractivity contribution in [1.82, 2.24) is 10.2 Å². The maximum absolute atomic E-state index is 12.6. The van der Waals surface area contributed by atoms with Crippen molar-refractivity contribution in [3.8, 4) is 0 Å². The Balaban J connectivity index is 1.36. The third-order valence-electron chi connectivity index (χ3n) is 6.23. The smallest absolute Gasteiger partial charge is 0.319 e. The summed E-state index contributed by atoms with van der Waals surface area (Å²) in [5, 5.41) is 6.25. The van der Waals surface area contributed by atoms with E-state index in [1.807, 2.05) is 6.07 Å². The third-order valence-corrected chi connectivity index (χ3v) is 6.23. The molecule has 5 heteroatoms. The number of anilines is 1. The fraction of sp³-hybridized carbons (Fsp3) is 0.667. The Hall–Kier alpha value is -1.59. The Morgan fingerprint density at radius 2 is 2.04 bits per heavy atom. The van der Waals surface area contributed by atoms with Crippen molar-refractivity contribution >= 4 is 11.7 Å². The van der Waals surface area contributed by atoms with Crippen molar-refractivity contribution in [2.75, 3.05) is 38.2 Å². The van der Waals surface area contributed by atoms with Crippen LogP contribution in [0.2, 0.25) is 0 Å². The molecule has 3 aliphatic rings. The zero-order chi connectivity index (χ0) is 17.8. The van der Waals surface area contributed by atoms with E-state index in [0.717, 1.165) is 51.3 Å². The highest BCUT2D eigenvalue weighted by Gasteiger charge is 2.32. The summed E-state index contributed by atoms with van der Waals surface area (Å²) in [6.07, 6.45) is 8.32. The lowest BCUT2D eigenvalue weighted by molar-refractivity contribution is 0.135. The number of benzene rings is 1. The van der Waals surface area contributed by atoms with Gasteiger partial charge in [0.25, 0.3) is 0 Å². The maximum Gasteiger partial charge on any atom is 0.319 e. The second-order valence-electron chi connectivity index (χ2n) is 7.92. The lowest BCUT2D eigenvalue weighted by atomic mass is 9.90. The molecule has 2 atom stereocenters. The van der Waals surface area contributed by atoms with Crippen molar-refractivity contribution in [3.05, 3.63) is 29.3 Å². The molecule has 2 fully saturated rings. The number of fused-ring (bicyclic) bond motifs is 1. The number of nitrogens with zero attached hydrogens (tertiary/aromatic N) is 1. The van der Waals surface area contributed by atoms with Gasteiger partial charge in [-0.05, 0) is 75.2 Å². The molecule has 0 radical (unpaired) electrons. The van der Waals surface area contributed by atoms with Crippen LogP contribution >= 0.6 is 0 Å². The van der Waals surface area contributed by atoms with Gasteiger partial charge in [0.15, 0.2) is 0 Å². The molecular weight excluding hydrogens is 326 g/mol. The number of carbonyl (C=O) groups is 1. The predicted molar refractivity (Wildman–Crippen MR) is 104 cm³/mol. The van der Waals surface area contributed by atoms with Gasteiger partial charge in [-0.3, -0.25) is 4.90 Å². The van der Waals surface area contributed by atoms with Gasteiger partial charge in [0.05, 0.1) is 6.61 Å². The molecule has 0 unspecified atom stereocenters. The first-order valence-electron chi connectivity index (χ1n) is 10.3. The Morgan fingerprint density at radius 1 is 1.19 bits per heavy atom. The number of likely N-dealkylation sites (tertiary alicyclic amines) is 1. The topological polar surface area (TPSA) is 53.6 Å². The number of urea groups is 1. The first kappa shape index (κ1) is 17.8. The number of carbonyl (C=O) groups excluding carboxylic acids is 1. The van der Waals surface area contributed by atoms with E-state index in [1.165, 1.54) is 36.8 Å². The number of hydrogen-bond acceptors (Lipinski definition) is 3. The molecule has 2 heterocycles. The van der Waals surface area contributed by atoms with Crippen LogP contribution in [-0.4, -0.2) is 49.8 Å². The van der Waals surface area contributed by atoms with Crippen molar-refractivity contribution in [2.45, 2.75) is 51.0 Å². The minimum absolute atomic E-state index is 0.0768. The Bertz CT molecular complexity index is 606. The Labute approximate surface area is 156 Å². The molecule has 142 valence electrons. The largest absolute Gasteiger partial charge is 0.381 e. The molecule has 1 aromatic carbocycles. The van der Waals surface area contributed by atoms with E-state index in [2.05, 4.69) is 27.7 Å². The van der Waals surface area contributed by atoms with Crippen LogP contribution in [0, 0.1) is 5.92 Å². The zero-order valence-electron chi connectivity index (χ0n) is 15.6. The molecule has 2 N–H and O–H groups in total. The van der Waals surface area contributed by atoms with Gasteiger partial charge in [-0.1, -0.05) is 12.1 Å². The van der Waals surface area contributed by atoms with Crippen LogP contribution in [0.15, 0.2) is 18.2 Å². The van der Waals surface area contributed by atoms with Crippen LogP contribution < -0.4 is 10.6 Å². The van der Waals surface area contributed by atoms with Gasteiger partial charge in [-0.15, -0.1) is 0 Å². The van der Waals surface area contributed by atoms with E-state index in [9.17, 15) is 4.79 Å². The Kier molecular flexibility index (Phi) is 5.75. The number of aryl methyl sites for hydroxylation is 1.